The van der Waals surface area contributed by atoms with Crippen LogP contribution < -0.4 is 0 Å². The van der Waals surface area contributed by atoms with Gasteiger partial charge < -0.3 is 0 Å². The molecule has 0 saturated heterocycles. The van der Waals surface area contributed by atoms with Gasteiger partial charge in [0.2, 0.25) is 0 Å². The first-order valence-electron chi connectivity index (χ1n) is 3.88. The number of rotatable bonds is 2. The second-order valence-corrected chi connectivity index (χ2v) is 2.45. The van der Waals surface area contributed by atoms with E-state index in [2.05, 4.69) is 21.7 Å². The molecule has 1 rings (SSSR count). The van der Waals surface area contributed by atoms with Crippen molar-refractivity contribution in [3.63, 3.8) is 0 Å². The van der Waals surface area contributed by atoms with Gasteiger partial charge >= 0.3 is 0 Å². The lowest BCUT2D eigenvalue weighted by Gasteiger charge is -2.02. The maximum absolute atomic E-state index is 12.3. The summed E-state index contributed by atoms with van der Waals surface area (Å²) in [5.41, 5.74) is 0.0209. The number of alkyl halides is 2. The van der Waals surface area contributed by atoms with Gasteiger partial charge in [-0.15, -0.1) is 0 Å². The average molecular weight is 197 g/mol. The summed E-state index contributed by atoms with van der Waals surface area (Å²) in [5.74, 6) is 0.257. The van der Waals surface area contributed by atoms with Crippen molar-refractivity contribution in [3.05, 3.63) is 29.6 Å². The van der Waals surface area contributed by atoms with E-state index in [1.807, 2.05) is 0 Å². The van der Waals surface area contributed by atoms with Crippen LogP contribution in [0.2, 0.25) is 0 Å². The van der Waals surface area contributed by atoms with Gasteiger partial charge in [0.05, 0.1) is 0 Å². The predicted octanol–water partition coefficient (Wildman–Crippen LogP) is 2.10. The summed E-state index contributed by atoms with van der Waals surface area (Å²) in [6.07, 6.45) is -2.59. The Balaban J connectivity index is 3.11. The molecule has 0 aliphatic heterocycles. The summed E-state index contributed by atoms with van der Waals surface area (Å²) in [4.78, 5) is 11.0. The fraction of sp³-hybridized carbons (Fsp3) is 0.222. The molecule has 1 heterocycles. The fourth-order valence-electron chi connectivity index (χ4n) is 0.964. The van der Waals surface area contributed by atoms with E-state index >= 15 is 0 Å². The number of pyridine rings is 1. The topological polar surface area (TPSA) is 37.6 Å². The second kappa shape index (κ2) is 4.55. The van der Waals surface area contributed by atoms with Gasteiger partial charge in [0.25, 0.3) is 6.43 Å². The van der Waals surface area contributed by atoms with Gasteiger partial charge in [-0.1, -0.05) is 6.07 Å². The first kappa shape index (κ1) is 10.4. The van der Waals surface area contributed by atoms with Crippen molar-refractivity contribution in [3.8, 4) is 0 Å². The molecule has 0 fully saturated rings. The fourth-order valence-corrected chi connectivity index (χ4v) is 0.964. The molecule has 0 bridgehead atoms. The maximum atomic E-state index is 12.3. The van der Waals surface area contributed by atoms with Crippen LogP contribution in [-0.2, 0) is 0 Å². The largest absolute Gasteiger partial charge is 0.280 e. The Kier molecular flexibility index (Phi) is 3.39. The van der Waals surface area contributed by atoms with Crippen molar-refractivity contribution in [1.82, 2.24) is 4.98 Å². The number of amidine groups is 1. The highest BCUT2D eigenvalue weighted by atomic mass is 19.3. The van der Waals surface area contributed by atoms with E-state index in [0.29, 0.717) is 5.69 Å². The van der Waals surface area contributed by atoms with E-state index in [4.69, 9.17) is 0 Å². The van der Waals surface area contributed by atoms with Crippen LogP contribution in [0.1, 0.15) is 17.8 Å². The zero-order valence-corrected chi connectivity index (χ0v) is 7.61. The highest BCUT2D eigenvalue weighted by Gasteiger charge is 2.10. The van der Waals surface area contributed by atoms with Gasteiger partial charge in [0.15, 0.2) is 5.84 Å². The van der Waals surface area contributed by atoms with E-state index in [-0.39, 0.29) is 11.5 Å². The number of hydrogen-bond acceptors (Lipinski definition) is 2. The van der Waals surface area contributed by atoms with Gasteiger partial charge in [0, 0.05) is 7.05 Å². The van der Waals surface area contributed by atoms with Gasteiger partial charge in [0.1, 0.15) is 11.4 Å². The Morgan fingerprint density at radius 3 is 2.71 bits per heavy atom. The third-order valence-electron chi connectivity index (χ3n) is 1.58. The molecular formula is C9H9F2N3. The first-order valence-corrected chi connectivity index (χ1v) is 3.88. The summed E-state index contributed by atoms with van der Waals surface area (Å²) in [5, 5.41) is 0. The zero-order valence-electron chi connectivity index (χ0n) is 7.61. The van der Waals surface area contributed by atoms with Crippen molar-refractivity contribution in [2.24, 2.45) is 9.98 Å². The Bertz CT molecular complexity index is 361. The second-order valence-electron chi connectivity index (χ2n) is 2.45. The van der Waals surface area contributed by atoms with Gasteiger partial charge in [-0.3, -0.25) is 4.99 Å². The summed E-state index contributed by atoms with van der Waals surface area (Å²) in [6.45, 7) is 3.27. The van der Waals surface area contributed by atoms with E-state index in [9.17, 15) is 8.78 Å². The molecule has 0 aliphatic rings. The zero-order chi connectivity index (χ0) is 10.6. The number of halogens is 2. The number of aromatic nitrogens is 1. The van der Waals surface area contributed by atoms with Crippen molar-refractivity contribution in [2.45, 2.75) is 6.43 Å². The van der Waals surface area contributed by atoms with Crippen molar-refractivity contribution >= 4 is 12.6 Å². The molecule has 5 heteroatoms. The van der Waals surface area contributed by atoms with Crippen LogP contribution in [0.5, 0.6) is 0 Å². The van der Waals surface area contributed by atoms with Gasteiger partial charge in [-0.25, -0.2) is 18.8 Å². The molecule has 0 radical (unpaired) electrons. The Hall–Kier alpha value is -1.65. The first-order chi connectivity index (χ1) is 6.69. The molecule has 1 aromatic heterocycles. The molecule has 0 aliphatic carbocycles. The van der Waals surface area contributed by atoms with E-state index in [1.54, 1.807) is 6.07 Å². The van der Waals surface area contributed by atoms with E-state index in [0.717, 1.165) is 0 Å². The van der Waals surface area contributed by atoms with E-state index in [1.165, 1.54) is 19.2 Å². The molecule has 0 aromatic carbocycles. The third-order valence-corrected chi connectivity index (χ3v) is 1.58. The lowest BCUT2D eigenvalue weighted by molar-refractivity contribution is 0.146. The number of nitrogens with zero attached hydrogens (tertiary/aromatic N) is 3. The van der Waals surface area contributed by atoms with Crippen LogP contribution in [0.25, 0.3) is 0 Å². The molecule has 14 heavy (non-hydrogen) atoms. The molecule has 0 saturated carbocycles. The SMILES string of the molecule is C=N/C(=N\C)c1cccc(C(F)F)n1. The van der Waals surface area contributed by atoms with Crippen LogP contribution >= 0.6 is 0 Å². The minimum atomic E-state index is -2.59. The van der Waals surface area contributed by atoms with Crippen LogP contribution in [0.3, 0.4) is 0 Å². The quantitative estimate of drug-likeness (QED) is 0.528. The molecule has 0 spiro atoms. The van der Waals surface area contributed by atoms with Crippen molar-refractivity contribution < 1.29 is 8.78 Å². The van der Waals surface area contributed by atoms with Crippen molar-refractivity contribution in [2.75, 3.05) is 7.05 Å². The molecule has 0 amide bonds. The molecule has 3 nitrogen and oxygen atoms in total. The molecule has 0 N–H and O–H groups in total. The Labute approximate surface area is 80.2 Å². The van der Waals surface area contributed by atoms with Crippen LogP contribution in [0.4, 0.5) is 8.78 Å². The highest BCUT2D eigenvalue weighted by molar-refractivity contribution is 5.99. The summed E-state index contributed by atoms with van der Waals surface area (Å²) < 4.78 is 24.5. The highest BCUT2D eigenvalue weighted by Crippen LogP contribution is 2.16. The lowest BCUT2D eigenvalue weighted by Crippen LogP contribution is -2.02. The van der Waals surface area contributed by atoms with Gasteiger partial charge in [-0.05, 0) is 18.9 Å². The predicted molar refractivity (Wildman–Crippen MR) is 51.2 cm³/mol. The smallest absolute Gasteiger partial charge is 0.268 e. The van der Waals surface area contributed by atoms with Crippen LogP contribution in [0.15, 0.2) is 28.2 Å². The molecule has 1 aromatic rings. The standard InChI is InChI=1S/C9H9F2N3/c1-12-9(13-2)7-5-3-4-6(14-7)8(10)11/h3-5,8H,1H2,2H3/b13-9-. The van der Waals surface area contributed by atoms with Crippen molar-refractivity contribution in [1.29, 1.82) is 0 Å². The Morgan fingerprint density at radius 1 is 1.50 bits per heavy atom. The van der Waals surface area contributed by atoms with E-state index < -0.39 is 6.43 Å². The molecule has 0 unspecified atom stereocenters. The number of hydrogen-bond donors (Lipinski definition) is 0. The summed E-state index contributed by atoms with van der Waals surface area (Å²) in [7, 11) is 1.50. The monoisotopic (exact) mass is 197 g/mol. The molecular weight excluding hydrogens is 188 g/mol. The van der Waals surface area contributed by atoms with Crippen LogP contribution in [-0.4, -0.2) is 24.6 Å². The summed E-state index contributed by atoms with van der Waals surface area (Å²) in [6, 6.07) is 4.30. The molecule has 0 atom stereocenters. The minimum Gasteiger partial charge on any atom is -0.268 e. The molecule has 74 valence electrons. The van der Waals surface area contributed by atoms with Gasteiger partial charge in [-0.2, -0.15) is 0 Å². The van der Waals surface area contributed by atoms with Crippen LogP contribution in [0, 0.1) is 0 Å². The average Bonchev–Trinajstić information content (AvgIpc) is 2.20. The third kappa shape index (κ3) is 2.18. The lowest BCUT2D eigenvalue weighted by atomic mass is 10.3. The number of aliphatic imine (C=N–C) groups is 2. The summed E-state index contributed by atoms with van der Waals surface area (Å²) >= 11 is 0. The minimum absolute atomic E-state index is 0.257. The maximum Gasteiger partial charge on any atom is 0.280 e. The Morgan fingerprint density at radius 2 is 2.21 bits per heavy atom. The normalized spacial score (nSPS) is 11.9.